The molecule has 0 aromatic carbocycles. The Hall–Kier alpha value is -0.770. The summed E-state index contributed by atoms with van der Waals surface area (Å²) in [5, 5.41) is 11.5. The van der Waals surface area contributed by atoms with Crippen molar-refractivity contribution in [2.45, 2.75) is 52.6 Å². The Morgan fingerprint density at radius 3 is 2.36 bits per heavy atom. The highest BCUT2D eigenvalue weighted by atomic mass is 16.4. The van der Waals surface area contributed by atoms with Crippen molar-refractivity contribution >= 4 is 5.84 Å². The topological polar surface area (TPSA) is 61.8 Å². The van der Waals surface area contributed by atoms with Crippen LogP contribution < -0.4 is 5.73 Å². The predicted molar refractivity (Wildman–Crippen MR) is 59.6 cm³/mol. The van der Waals surface area contributed by atoms with E-state index in [0.29, 0.717) is 24.3 Å². The minimum atomic E-state index is 0.305. The fraction of sp³-hybridized carbons (Fsp3) is 0.900. The molecular weight excluding hydrogens is 178 g/mol. The average Bonchev–Trinajstić information content (AvgIpc) is 2.13. The molecule has 0 radical (unpaired) electrons. The highest BCUT2D eigenvalue weighted by Crippen LogP contribution is 2.09. The summed E-state index contributed by atoms with van der Waals surface area (Å²) in [6.07, 6.45) is 1.74. The number of hydrogen-bond acceptors (Lipinski definition) is 3. The van der Waals surface area contributed by atoms with Gasteiger partial charge in [-0.25, -0.2) is 0 Å². The maximum Gasteiger partial charge on any atom is 0.140 e. The summed E-state index contributed by atoms with van der Waals surface area (Å²) < 4.78 is 0. The van der Waals surface area contributed by atoms with E-state index in [1.807, 2.05) is 0 Å². The van der Waals surface area contributed by atoms with Crippen molar-refractivity contribution < 1.29 is 5.21 Å². The zero-order chi connectivity index (χ0) is 11.1. The van der Waals surface area contributed by atoms with E-state index >= 15 is 0 Å². The first-order chi connectivity index (χ1) is 6.52. The summed E-state index contributed by atoms with van der Waals surface area (Å²) in [7, 11) is 0. The second-order valence-electron chi connectivity index (χ2n) is 3.98. The molecule has 0 spiro atoms. The zero-order valence-electron chi connectivity index (χ0n) is 9.70. The second kappa shape index (κ2) is 6.65. The van der Waals surface area contributed by atoms with Crippen LogP contribution in [-0.4, -0.2) is 34.6 Å². The van der Waals surface area contributed by atoms with Crippen molar-refractivity contribution in [1.82, 2.24) is 4.90 Å². The van der Waals surface area contributed by atoms with E-state index in [1.165, 1.54) is 0 Å². The van der Waals surface area contributed by atoms with Crippen LogP contribution in [0.4, 0.5) is 0 Å². The summed E-state index contributed by atoms with van der Waals surface area (Å²) in [5.74, 6) is 0.305. The molecule has 4 heteroatoms. The Morgan fingerprint density at radius 2 is 2.00 bits per heavy atom. The lowest BCUT2D eigenvalue weighted by atomic mass is 10.1. The van der Waals surface area contributed by atoms with Gasteiger partial charge in [-0.15, -0.1) is 0 Å². The third kappa shape index (κ3) is 4.46. The predicted octanol–water partition coefficient (Wildman–Crippen LogP) is 1.63. The Balaban J connectivity index is 4.21. The normalized spacial score (nSPS) is 15.1. The molecular formula is C10H23N3O. The fourth-order valence-electron chi connectivity index (χ4n) is 1.71. The van der Waals surface area contributed by atoms with Gasteiger partial charge in [0.15, 0.2) is 0 Å². The molecule has 0 aliphatic rings. The van der Waals surface area contributed by atoms with Crippen molar-refractivity contribution in [3.63, 3.8) is 0 Å². The maximum absolute atomic E-state index is 8.48. The minimum absolute atomic E-state index is 0.305. The van der Waals surface area contributed by atoms with Gasteiger partial charge in [0.25, 0.3) is 0 Å². The van der Waals surface area contributed by atoms with E-state index in [2.05, 4.69) is 37.8 Å². The van der Waals surface area contributed by atoms with Gasteiger partial charge in [0, 0.05) is 18.5 Å². The van der Waals surface area contributed by atoms with Crippen LogP contribution in [0.3, 0.4) is 0 Å². The lowest BCUT2D eigenvalue weighted by Gasteiger charge is -2.32. The summed E-state index contributed by atoms with van der Waals surface area (Å²) in [6.45, 7) is 9.65. The van der Waals surface area contributed by atoms with E-state index < -0.39 is 0 Å². The molecule has 14 heavy (non-hydrogen) atoms. The van der Waals surface area contributed by atoms with Crippen LogP contribution in [0, 0.1) is 0 Å². The van der Waals surface area contributed by atoms with Gasteiger partial charge in [-0.3, -0.25) is 4.90 Å². The molecule has 0 bridgehead atoms. The Labute approximate surface area is 86.8 Å². The summed E-state index contributed by atoms with van der Waals surface area (Å²) in [6, 6.07) is 0.822. The molecule has 0 aliphatic heterocycles. The standard InChI is InChI=1S/C10H23N3O/c1-5-6-13(8(2)3)9(4)7-10(11)12-14/h8-9,14H,5-7H2,1-4H3,(H2,11,12). The Kier molecular flexibility index (Phi) is 6.28. The van der Waals surface area contributed by atoms with E-state index in [4.69, 9.17) is 10.9 Å². The molecule has 3 N–H and O–H groups in total. The molecule has 84 valence electrons. The molecule has 0 aliphatic carbocycles. The number of rotatable bonds is 6. The third-order valence-corrected chi connectivity index (χ3v) is 2.34. The third-order valence-electron chi connectivity index (χ3n) is 2.34. The lowest BCUT2D eigenvalue weighted by molar-refractivity contribution is 0.167. The van der Waals surface area contributed by atoms with Gasteiger partial charge < -0.3 is 10.9 Å². The number of nitrogens with two attached hydrogens (primary N) is 1. The molecule has 0 heterocycles. The van der Waals surface area contributed by atoms with Gasteiger partial charge in [-0.2, -0.15) is 0 Å². The van der Waals surface area contributed by atoms with Crippen LogP contribution in [0.25, 0.3) is 0 Å². The van der Waals surface area contributed by atoms with E-state index in [1.54, 1.807) is 0 Å². The van der Waals surface area contributed by atoms with E-state index in [9.17, 15) is 0 Å². The first-order valence-corrected chi connectivity index (χ1v) is 5.25. The molecule has 4 nitrogen and oxygen atoms in total. The first kappa shape index (κ1) is 13.2. The van der Waals surface area contributed by atoms with Gasteiger partial charge in [0.1, 0.15) is 5.84 Å². The smallest absolute Gasteiger partial charge is 0.140 e. The minimum Gasteiger partial charge on any atom is -0.409 e. The van der Waals surface area contributed by atoms with Crippen molar-refractivity contribution in [3.8, 4) is 0 Å². The molecule has 1 unspecified atom stereocenters. The number of oxime groups is 1. The number of nitrogens with zero attached hydrogens (tertiary/aromatic N) is 2. The molecule has 0 saturated carbocycles. The first-order valence-electron chi connectivity index (χ1n) is 5.25. The van der Waals surface area contributed by atoms with Crippen LogP contribution in [-0.2, 0) is 0 Å². The van der Waals surface area contributed by atoms with Gasteiger partial charge >= 0.3 is 0 Å². The number of amidine groups is 1. The summed E-state index contributed by atoms with van der Waals surface area (Å²) >= 11 is 0. The molecule has 0 rings (SSSR count). The van der Waals surface area contributed by atoms with Crippen molar-refractivity contribution in [2.75, 3.05) is 6.54 Å². The highest BCUT2D eigenvalue weighted by Gasteiger charge is 2.17. The van der Waals surface area contributed by atoms with Crippen molar-refractivity contribution in [2.24, 2.45) is 10.9 Å². The molecule has 0 amide bonds. The van der Waals surface area contributed by atoms with E-state index in [0.717, 1.165) is 13.0 Å². The van der Waals surface area contributed by atoms with Crippen LogP contribution in [0.5, 0.6) is 0 Å². The number of hydrogen-bond donors (Lipinski definition) is 2. The van der Waals surface area contributed by atoms with Gasteiger partial charge in [-0.05, 0) is 33.7 Å². The quantitative estimate of drug-likeness (QED) is 0.297. The highest BCUT2D eigenvalue weighted by molar-refractivity contribution is 5.80. The van der Waals surface area contributed by atoms with E-state index in [-0.39, 0.29) is 0 Å². The van der Waals surface area contributed by atoms with Crippen molar-refractivity contribution in [1.29, 1.82) is 0 Å². The van der Waals surface area contributed by atoms with Crippen molar-refractivity contribution in [3.05, 3.63) is 0 Å². The molecule has 0 aromatic rings. The molecule has 1 atom stereocenters. The summed E-state index contributed by atoms with van der Waals surface area (Å²) in [5.41, 5.74) is 5.48. The monoisotopic (exact) mass is 201 g/mol. The fourth-order valence-corrected chi connectivity index (χ4v) is 1.71. The molecule has 0 saturated heterocycles. The average molecular weight is 201 g/mol. The lowest BCUT2D eigenvalue weighted by Crippen LogP contribution is -2.41. The Morgan fingerprint density at radius 1 is 1.43 bits per heavy atom. The van der Waals surface area contributed by atoms with Crippen LogP contribution >= 0.6 is 0 Å². The van der Waals surface area contributed by atoms with Crippen LogP contribution in [0.1, 0.15) is 40.5 Å². The SMILES string of the molecule is CCCN(C(C)C)C(C)CC(N)=NO. The van der Waals surface area contributed by atoms with Crippen LogP contribution in [0.2, 0.25) is 0 Å². The maximum atomic E-state index is 8.48. The molecule has 0 aromatic heterocycles. The largest absolute Gasteiger partial charge is 0.409 e. The molecule has 0 fully saturated rings. The second-order valence-corrected chi connectivity index (χ2v) is 3.98. The van der Waals surface area contributed by atoms with Crippen LogP contribution in [0.15, 0.2) is 5.16 Å². The van der Waals surface area contributed by atoms with Gasteiger partial charge in [-0.1, -0.05) is 12.1 Å². The zero-order valence-corrected chi connectivity index (χ0v) is 9.70. The van der Waals surface area contributed by atoms with Gasteiger partial charge in [0.2, 0.25) is 0 Å². The summed E-state index contributed by atoms with van der Waals surface area (Å²) in [4.78, 5) is 2.36. The van der Waals surface area contributed by atoms with Gasteiger partial charge in [0.05, 0.1) is 0 Å². The Bertz CT molecular complexity index is 180.